The molecule has 0 bridgehead atoms. The van der Waals surface area contributed by atoms with Crippen molar-refractivity contribution >= 4 is 21.9 Å². The number of rotatable bonds is 2. The Morgan fingerprint density at radius 3 is 2.88 bits per heavy atom. The maximum Gasteiger partial charge on any atom is 0.341 e. The van der Waals surface area contributed by atoms with Crippen molar-refractivity contribution in [2.45, 2.75) is 0 Å². The maximum atomic E-state index is 12.9. The minimum atomic E-state index is -1.15. The molecule has 16 heavy (non-hydrogen) atoms. The van der Waals surface area contributed by atoms with Gasteiger partial charge in [0.25, 0.3) is 0 Å². The number of carboxylic acids is 1. The minimum Gasteiger partial charge on any atom is -0.477 e. The predicted octanol–water partition coefficient (Wildman–Crippen LogP) is 2.94. The highest BCUT2D eigenvalue weighted by Gasteiger charge is 2.18. The molecule has 1 N–H and O–H groups in total. The van der Waals surface area contributed by atoms with Crippen molar-refractivity contribution in [3.63, 3.8) is 0 Å². The summed E-state index contributed by atoms with van der Waals surface area (Å²) in [7, 11) is 0. The second-order valence-electron chi connectivity index (χ2n) is 3.00. The number of carbonyl (C=O) groups is 1. The summed E-state index contributed by atoms with van der Waals surface area (Å²) in [5.41, 5.74) is 0.378. The highest BCUT2D eigenvalue weighted by Crippen LogP contribution is 2.31. The molecule has 4 nitrogen and oxygen atoms in total. The van der Waals surface area contributed by atoms with E-state index in [0.29, 0.717) is 10.0 Å². The smallest absolute Gasteiger partial charge is 0.341 e. The zero-order valence-electron chi connectivity index (χ0n) is 7.78. The van der Waals surface area contributed by atoms with E-state index in [0.717, 1.165) is 6.20 Å². The fourth-order valence-corrected chi connectivity index (χ4v) is 1.79. The number of benzene rings is 1. The molecule has 0 radical (unpaired) electrons. The third-order valence-electron chi connectivity index (χ3n) is 1.98. The number of hydrogen-bond acceptors (Lipinski definition) is 3. The predicted molar refractivity (Wildman–Crippen MR) is 56.6 cm³/mol. The summed E-state index contributed by atoms with van der Waals surface area (Å²) in [6.07, 6.45) is 1.10. The summed E-state index contributed by atoms with van der Waals surface area (Å²) in [6.45, 7) is 0. The first-order valence-corrected chi connectivity index (χ1v) is 5.02. The molecule has 0 saturated heterocycles. The van der Waals surface area contributed by atoms with E-state index in [9.17, 15) is 9.18 Å². The van der Waals surface area contributed by atoms with Gasteiger partial charge in [0.1, 0.15) is 11.4 Å². The van der Waals surface area contributed by atoms with Crippen LogP contribution in [0.15, 0.2) is 33.4 Å². The van der Waals surface area contributed by atoms with Gasteiger partial charge in [0.05, 0.1) is 6.20 Å². The van der Waals surface area contributed by atoms with Crippen LogP contribution in [0.25, 0.3) is 11.3 Å². The Labute approximate surface area is 97.8 Å². The summed E-state index contributed by atoms with van der Waals surface area (Å²) < 4.78 is 18.1. The van der Waals surface area contributed by atoms with E-state index < -0.39 is 11.8 Å². The van der Waals surface area contributed by atoms with Gasteiger partial charge in [0, 0.05) is 10.0 Å². The molecule has 1 aromatic carbocycles. The Morgan fingerprint density at radius 1 is 1.50 bits per heavy atom. The fourth-order valence-electron chi connectivity index (χ4n) is 1.26. The Morgan fingerprint density at radius 2 is 2.25 bits per heavy atom. The topological polar surface area (TPSA) is 63.3 Å². The Hall–Kier alpha value is -1.69. The lowest BCUT2D eigenvalue weighted by Crippen LogP contribution is -1.96. The molecule has 0 atom stereocenters. The number of carboxylic acid groups (broad SMARTS) is 1. The van der Waals surface area contributed by atoms with Gasteiger partial charge in [-0.2, -0.15) is 0 Å². The number of nitrogens with zero attached hydrogens (tertiary/aromatic N) is 1. The van der Waals surface area contributed by atoms with Gasteiger partial charge in [0.15, 0.2) is 5.76 Å². The van der Waals surface area contributed by atoms with Crippen LogP contribution in [0.3, 0.4) is 0 Å². The SMILES string of the molecule is O=C(O)c1cnoc1-c1ccc(F)cc1Br. The molecule has 0 fully saturated rings. The van der Waals surface area contributed by atoms with E-state index in [1.807, 2.05) is 0 Å². The number of aromatic carboxylic acids is 1. The molecule has 82 valence electrons. The van der Waals surface area contributed by atoms with E-state index in [1.165, 1.54) is 18.2 Å². The molecular formula is C10H5BrFNO3. The summed E-state index contributed by atoms with van der Waals surface area (Å²) in [5, 5.41) is 12.3. The molecule has 6 heteroatoms. The van der Waals surface area contributed by atoms with Crippen LogP contribution in [0.2, 0.25) is 0 Å². The van der Waals surface area contributed by atoms with Crippen LogP contribution >= 0.6 is 15.9 Å². The zero-order chi connectivity index (χ0) is 11.7. The van der Waals surface area contributed by atoms with Gasteiger partial charge in [0.2, 0.25) is 0 Å². The average molecular weight is 286 g/mol. The zero-order valence-corrected chi connectivity index (χ0v) is 9.36. The summed E-state index contributed by atoms with van der Waals surface area (Å²) >= 11 is 3.13. The molecule has 2 aromatic rings. The molecule has 2 rings (SSSR count). The van der Waals surface area contributed by atoms with Gasteiger partial charge in [-0.25, -0.2) is 9.18 Å². The van der Waals surface area contributed by atoms with Crippen molar-refractivity contribution in [2.24, 2.45) is 0 Å². The van der Waals surface area contributed by atoms with E-state index in [2.05, 4.69) is 21.1 Å². The average Bonchev–Trinajstić information content (AvgIpc) is 2.66. The van der Waals surface area contributed by atoms with Crippen LogP contribution in [0.5, 0.6) is 0 Å². The second-order valence-corrected chi connectivity index (χ2v) is 3.85. The largest absolute Gasteiger partial charge is 0.477 e. The second kappa shape index (κ2) is 4.05. The highest BCUT2D eigenvalue weighted by molar-refractivity contribution is 9.10. The Balaban J connectivity index is 2.59. The van der Waals surface area contributed by atoms with Gasteiger partial charge in [-0.3, -0.25) is 0 Å². The lowest BCUT2D eigenvalue weighted by atomic mass is 10.1. The van der Waals surface area contributed by atoms with Gasteiger partial charge in [-0.1, -0.05) is 5.16 Å². The molecule has 0 aliphatic carbocycles. The third kappa shape index (κ3) is 1.83. The summed E-state index contributed by atoms with van der Waals surface area (Å²) in [5.74, 6) is -1.47. The summed E-state index contributed by atoms with van der Waals surface area (Å²) in [4.78, 5) is 10.8. The normalized spacial score (nSPS) is 10.4. The van der Waals surface area contributed by atoms with Crippen LogP contribution in [0.4, 0.5) is 4.39 Å². The Bertz CT molecular complexity index is 553. The van der Waals surface area contributed by atoms with E-state index in [4.69, 9.17) is 9.63 Å². The van der Waals surface area contributed by atoms with Gasteiger partial charge in [-0.05, 0) is 34.1 Å². The van der Waals surface area contributed by atoms with Crippen LogP contribution in [0.1, 0.15) is 10.4 Å². The maximum absolute atomic E-state index is 12.9. The van der Waals surface area contributed by atoms with Crippen LogP contribution in [-0.2, 0) is 0 Å². The number of halogens is 2. The standard InChI is InChI=1S/C10H5BrFNO3/c11-8-3-5(12)1-2-6(8)9-7(10(14)15)4-13-16-9/h1-4H,(H,14,15). The van der Waals surface area contributed by atoms with Crippen LogP contribution in [-0.4, -0.2) is 16.2 Å². The van der Waals surface area contributed by atoms with Gasteiger partial charge < -0.3 is 9.63 Å². The fraction of sp³-hybridized carbons (Fsp3) is 0. The Kier molecular flexibility index (Phi) is 2.74. The molecule has 0 aliphatic rings. The van der Waals surface area contributed by atoms with Crippen LogP contribution < -0.4 is 0 Å². The van der Waals surface area contributed by atoms with E-state index in [-0.39, 0.29) is 11.3 Å². The molecule has 0 spiro atoms. The molecule has 1 aromatic heterocycles. The van der Waals surface area contributed by atoms with E-state index >= 15 is 0 Å². The van der Waals surface area contributed by atoms with Crippen molar-refractivity contribution < 1.29 is 18.8 Å². The molecular weight excluding hydrogens is 281 g/mol. The van der Waals surface area contributed by atoms with Crippen molar-refractivity contribution in [2.75, 3.05) is 0 Å². The van der Waals surface area contributed by atoms with Crippen molar-refractivity contribution in [3.05, 3.63) is 40.2 Å². The number of aromatic nitrogens is 1. The van der Waals surface area contributed by atoms with Crippen LogP contribution in [0, 0.1) is 5.82 Å². The first kappa shape index (κ1) is 10.8. The van der Waals surface area contributed by atoms with Crippen molar-refractivity contribution in [3.8, 4) is 11.3 Å². The minimum absolute atomic E-state index is 0.0627. The summed E-state index contributed by atoms with van der Waals surface area (Å²) in [6, 6.07) is 3.87. The van der Waals surface area contributed by atoms with Gasteiger partial charge >= 0.3 is 5.97 Å². The molecule has 1 heterocycles. The first-order valence-electron chi connectivity index (χ1n) is 4.23. The van der Waals surface area contributed by atoms with Gasteiger partial charge in [-0.15, -0.1) is 0 Å². The third-order valence-corrected chi connectivity index (χ3v) is 2.63. The monoisotopic (exact) mass is 285 g/mol. The molecule has 0 unspecified atom stereocenters. The lowest BCUT2D eigenvalue weighted by molar-refractivity contribution is 0.0697. The molecule has 0 saturated carbocycles. The quantitative estimate of drug-likeness (QED) is 0.921. The highest BCUT2D eigenvalue weighted by atomic mass is 79.9. The van der Waals surface area contributed by atoms with Crippen molar-refractivity contribution in [1.29, 1.82) is 0 Å². The van der Waals surface area contributed by atoms with Crippen molar-refractivity contribution in [1.82, 2.24) is 5.16 Å². The van der Waals surface area contributed by atoms with E-state index in [1.54, 1.807) is 0 Å². The first-order chi connectivity index (χ1) is 7.59. The molecule has 0 amide bonds. The number of hydrogen-bond donors (Lipinski definition) is 1. The lowest BCUT2D eigenvalue weighted by Gasteiger charge is -2.01. The molecule has 0 aliphatic heterocycles.